The molecule has 2 aliphatic rings. The van der Waals surface area contributed by atoms with Crippen LogP contribution in [0.1, 0.15) is 0 Å². The molecule has 0 aliphatic carbocycles. The Bertz CT molecular complexity index is 420. The Labute approximate surface area is 137 Å². The molecule has 2 bridgehead atoms. The molecule has 0 aromatic carbocycles. The van der Waals surface area contributed by atoms with Gasteiger partial charge in [0.25, 0.3) is 0 Å². The highest BCUT2D eigenvalue weighted by Gasteiger charge is 2.51. The van der Waals surface area contributed by atoms with Crippen LogP contribution in [0.4, 0.5) is 4.79 Å². The highest BCUT2D eigenvalue weighted by Crippen LogP contribution is 2.30. The molecule has 3 N–H and O–H groups in total. The highest BCUT2D eigenvalue weighted by atomic mass is 16.7. The number of ether oxygens (including phenoxy) is 2. The Morgan fingerprint density at radius 2 is 2.13 bits per heavy atom. The fourth-order valence-electron chi connectivity index (χ4n) is 2.92. The lowest BCUT2D eigenvalue weighted by atomic mass is 9.95. The average molecular weight is 328 g/mol. The first-order valence-electron chi connectivity index (χ1n) is 7.89. The van der Waals surface area contributed by atoms with Gasteiger partial charge in [0.2, 0.25) is 0 Å². The van der Waals surface area contributed by atoms with Crippen molar-refractivity contribution in [2.45, 2.75) is 30.6 Å². The molecule has 23 heavy (non-hydrogen) atoms. The third kappa shape index (κ3) is 4.42. The highest BCUT2D eigenvalue weighted by molar-refractivity contribution is 5.74. The number of urea groups is 1. The second-order valence-corrected chi connectivity index (χ2v) is 6.31. The van der Waals surface area contributed by atoms with Crippen molar-refractivity contribution < 1.29 is 19.4 Å². The van der Waals surface area contributed by atoms with Crippen molar-refractivity contribution >= 4 is 6.03 Å². The van der Waals surface area contributed by atoms with Crippen molar-refractivity contribution in [3.05, 3.63) is 12.7 Å². The topological polar surface area (TPSA) is 86.3 Å². The van der Waals surface area contributed by atoms with Gasteiger partial charge in [-0.2, -0.15) is 0 Å². The number of hydrogen-bond donors (Lipinski definition) is 3. The third-order valence-corrected chi connectivity index (χ3v) is 4.24. The minimum atomic E-state index is -0.761. The second kappa shape index (κ2) is 8.07. The largest absolute Gasteiger partial charge is 0.389 e. The zero-order chi connectivity index (χ0) is 17.0. The second-order valence-electron chi connectivity index (χ2n) is 6.31. The molecule has 2 fully saturated rings. The molecule has 2 saturated heterocycles. The van der Waals surface area contributed by atoms with E-state index in [9.17, 15) is 9.90 Å². The molecule has 0 spiro atoms. The van der Waals surface area contributed by atoms with Gasteiger partial charge in [0.1, 0.15) is 6.10 Å². The Morgan fingerprint density at radius 1 is 1.39 bits per heavy atom. The number of aliphatic hydroxyl groups is 1. The minimum Gasteiger partial charge on any atom is -0.389 e. The van der Waals surface area contributed by atoms with Crippen molar-refractivity contribution in [2.24, 2.45) is 0 Å². The fraction of sp³-hybridized carbons (Fsp3) is 0.800. The standard InChI is InChI=1S/C15H28N4O4/c1-5-6-16-15(21)17-11-10-9-22-14(23-10)12(13(11)20)19(4)8-7-18(2)3/h5,10-14,20H,1,6-9H2,2-4H3,(H2,16,17,21). The zero-order valence-corrected chi connectivity index (χ0v) is 14.1. The summed E-state index contributed by atoms with van der Waals surface area (Å²) in [7, 11) is 5.92. The Kier molecular flexibility index (Phi) is 6.37. The van der Waals surface area contributed by atoms with Gasteiger partial charge in [-0.05, 0) is 21.1 Å². The van der Waals surface area contributed by atoms with Crippen LogP contribution in [0.25, 0.3) is 0 Å². The SMILES string of the molecule is C=CCNC(=O)NC1C2COC(O2)C(N(C)CCN(C)C)C1O. The lowest BCUT2D eigenvalue weighted by molar-refractivity contribution is -0.177. The van der Waals surface area contributed by atoms with Gasteiger partial charge in [-0.1, -0.05) is 6.08 Å². The van der Waals surface area contributed by atoms with Gasteiger partial charge in [-0.25, -0.2) is 4.79 Å². The average Bonchev–Trinajstić information content (AvgIpc) is 2.92. The number of nitrogens with zero attached hydrogens (tertiary/aromatic N) is 2. The lowest BCUT2D eigenvalue weighted by Crippen LogP contribution is -2.65. The van der Waals surface area contributed by atoms with Gasteiger partial charge in [-0.15, -0.1) is 6.58 Å². The summed E-state index contributed by atoms with van der Waals surface area (Å²) < 4.78 is 11.5. The van der Waals surface area contributed by atoms with Crippen LogP contribution in [0.3, 0.4) is 0 Å². The number of nitrogens with one attached hydrogen (secondary N) is 2. The van der Waals surface area contributed by atoms with E-state index in [4.69, 9.17) is 9.47 Å². The summed E-state index contributed by atoms with van der Waals surface area (Å²) in [4.78, 5) is 16.0. The summed E-state index contributed by atoms with van der Waals surface area (Å²) >= 11 is 0. The van der Waals surface area contributed by atoms with Crippen LogP contribution in [0, 0.1) is 0 Å². The van der Waals surface area contributed by atoms with Gasteiger partial charge in [0.05, 0.1) is 24.8 Å². The van der Waals surface area contributed by atoms with Crippen molar-refractivity contribution in [1.82, 2.24) is 20.4 Å². The van der Waals surface area contributed by atoms with Crippen LogP contribution in [-0.4, -0.2) is 98.9 Å². The molecule has 0 saturated carbocycles. The molecule has 0 aromatic rings. The summed E-state index contributed by atoms with van der Waals surface area (Å²) in [6.45, 7) is 5.91. The summed E-state index contributed by atoms with van der Waals surface area (Å²) in [5.74, 6) is 0. The number of carbonyl (C=O) groups is 1. The number of aliphatic hydroxyl groups excluding tert-OH is 1. The molecular weight excluding hydrogens is 300 g/mol. The molecule has 8 heteroatoms. The summed E-state index contributed by atoms with van der Waals surface area (Å²) in [5.41, 5.74) is 0. The lowest BCUT2D eigenvalue weighted by Gasteiger charge is -2.42. The van der Waals surface area contributed by atoms with E-state index < -0.39 is 18.4 Å². The van der Waals surface area contributed by atoms with Crippen LogP contribution < -0.4 is 10.6 Å². The van der Waals surface area contributed by atoms with E-state index in [2.05, 4.69) is 22.1 Å². The number of carbonyl (C=O) groups excluding carboxylic acids is 1. The van der Waals surface area contributed by atoms with Crippen LogP contribution in [0.5, 0.6) is 0 Å². The van der Waals surface area contributed by atoms with E-state index in [0.29, 0.717) is 13.2 Å². The molecule has 0 aromatic heterocycles. The van der Waals surface area contributed by atoms with E-state index in [0.717, 1.165) is 13.1 Å². The molecule has 2 aliphatic heterocycles. The zero-order valence-electron chi connectivity index (χ0n) is 14.1. The number of rotatable bonds is 7. The van der Waals surface area contributed by atoms with Gasteiger partial charge in [-0.3, -0.25) is 4.90 Å². The Balaban J connectivity index is 2.00. The monoisotopic (exact) mass is 328 g/mol. The van der Waals surface area contributed by atoms with E-state index in [-0.39, 0.29) is 18.2 Å². The Morgan fingerprint density at radius 3 is 2.78 bits per heavy atom. The number of hydrogen-bond acceptors (Lipinski definition) is 6. The summed E-state index contributed by atoms with van der Waals surface area (Å²) in [6, 6.07) is -1.18. The fourth-order valence-corrected chi connectivity index (χ4v) is 2.92. The summed E-state index contributed by atoms with van der Waals surface area (Å²) in [6.07, 6.45) is 0.0437. The van der Waals surface area contributed by atoms with Crippen molar-refractivity contribution in [2.75, 3.05) is 47.4 Å². The predicted molar refractivity (Wildman–Crippen MR) is 86.1 cm³/mol. The van der Waals surface area contributed by atoms with E-state index >= 15 is 0 Å². The molecule has 5 unspecified atom stereocenters. The van der Waals surface area contributed by atoms with Crippen LogP contribution in [0.2, 0.25) is 0 Å². The van der Waals surface area contributed by atoms with E-state index in [1.54, 1.807) is 6.08 Å². The van der Waals surface area contributed by atoms with Crippen LogP contribution >= 0.6 is 0 Å². The normalized spacial score (nSPS) is 33.0. The van der Waals surface area contributed by atoms with Gasteiger partial charge >= 0.3 is 6.03 Å². The molecule has 8 nitrogen and oxygen atoms in total. The van der Waals surface area contributed by atoms with Gasteiger partial charge < -0.3 is 30.1 Å². The minimum absolute atomic E-state index is 0.321. The van der Waals surface area contributed by atoms with Gasteiger partial charge in [0.15, 0.2) is 6.29 Å². The van der Waals surface area contributed by atoms with Gasteiger partial charge in [0, 0.05) is 19.6 Å². The quantitative estimate of drug-likeness (QED) is 0.510. The van der Waals surface area contributed by atoms with Crippen LogP contribution in [-0.2, 0) is 9.47 Å². The predicted octanol–water partition coefficient (Wildman–Crippen LogP) is -1.18. The molecule has 5 atom stereocenters. The Hall–Kier alpha value is -1.19. The maximum Gasteiger partial charge on any atom is 0.315 e. The maximum absolute atomic E-state index is 11.9. The molecule has 0 radical (unpaired) electrons. The van der Waals surface area contributed by atoms with E-state index in [1.165, 1.54) is 0 Å². The first-order chi connectivity index (χ1) is 10.9. The van der Waals surface area contributed by atoms with Crippen molar-refractivity contribution in [3.63, 3.8) is 0 Å². The summed E-state index contributed by atoms with van der Waals surface area (Å²) in [5, 5.41) is 16.2. The number of likely N-dealkylation sites (N-methyl/N-ethyl adjacent to an activating group) is 2. The molecular formula is C15H28N4O4. The first kappa shape index (κ1) is 18.2. The molecule has 2 heterocycles. The maximum atomic E-state index is 11.9. The third-order valence-electron chi connectivity index (χ3n) is 4.24. The smallest absolute Gasteiger partial charge is 0.315 e. The number of amides is 2. The number of fused-ring (bicyclic) bond motifs is 2. The van der Waals surface area contributed by atoms with Crippen LogP contribution in [0.15, 0.2) is 12.7 Å². The molecule has 132 valence electrons. The first-order valence-corrected chi connectivity index (χ1v) is 7.89. The van der Waals surface area contributed by atoms with Crippen molar-refractivity contribution in [1.29, 1.82) is 0 Å². The molecule has 2 amide bonds. The van der Waals surface area contributed by atoms with E-state index in [1.807, 2.05) is 26.0 Å². The molecule has 2 rings (SSSR count). The van der Waals surface area contributed by atoms with Crippen molar-refractivity contribution in [3.8, 4) is 0 Å².